The molecular weight excluding hydrogens is 254 g/mol. The van der Waals surface area contributed by atoms with Crippen molar-refractivity contribution >= 4 is 5.78 Å². The lowest BCUT2D eigenvalue weighted by atomic mass is 9.76. The molecule has 1 aliphatic rings. The summed E-state index contributed by atoms with van der Waals surface area (Å²) < 4.78 is 1.96. The number of hydrogen-bond acceptors (Lipinski definition) is 3. The van der Waals surface area contributed by atoms with Crippen LogP contribution in [0.4, 0.5) is 0 Å². The Kier molecular flexibility index (Phi) is 2.67. The van der Waals surface area contributed by atoms with E-state index in [4.69, 9.17) is 0 Å². The molecule has 0 bridgehead atoms. The average molecular weight is 271 g/mol. The number of carbonyl (C=O) groups excluding carboxylic acids is 1. The van der Waals surface area contributed by atoms with Crippen molar-refractivity contribution in [1.82, 2.24) is 14.8 Å². The van der Waals surface area contributed by atoms with Crippen molar-refractivity contribution in [3.63, 3.8) is 0 Å². The number of aromatic amines is 1. The van der Waals surface area contributed by atoms with E-state index in [2.05, 4.69) is 24.0 Å². The van der Waals surface area contributed by atoms with Crippen LogP contribution in [0, 0.1) is 12.3 Å². The average Bonchev–Trinajstić information content (AvgIpc) is 2.66. The van der Waals surface area contributed by atoms with Crippen molar-refractivity contribution in [3.05, 3.63) is 45.5 Å². The Bertz CT molecular complexity index is 732. The zero-order valence-corrected chi connectivity index (χ0v) is 11.9. The molecule has 0 atom stereocenters. The molecule has 0 aromatic carbocycles. The Hall–Kier alpha value is -2.17. The van der Waals surface area contributed by atoms with Gasteiger partial charge in [-0.05, 0) is 30.9 Å². The first-order valence-electron chi connectivity index (χ1n) is 6.68. The van der Waals surface area contributed by atoms with E-state index in [0.717, 1.165) is 23.4 Å². The van der Waals surface area contributed by atoms with Crippen LogP contribution in [-0.2, 0) is 6.42 Å². The van der Waals surface area contributed by atoms with E-state index in [1.54, 1.807) is 6.07 Å². The first kappa shape index (κ1) is 12.8. The van der Waals surface area contributed by atoms with Crippen LogP contribution in [0.25, 0.3) is 5.82 Å². The van der Waals surface area contributed by atoms with Gasteiger partial charge in [-0.3, -0.25) is 9.59 Å². The van der Waals surface area contributed by atoms with E-state index >= 15 is 0 Å². The number of nitrogens with zero attached hydrogens (tertiary/aromatic N) is 2. The number of hydrogen-bond donors (Lipinski definition) is 1. The molecule has 0 amide bonds. The third kappa shape index (κ3) is 1.99. The summed E-state index contributed by atoms with van der Waals surface area (Å²) in [5.74, 6) is 0.830. The highest BCUT2D eigenvalue weighted by Gasteiger charge is 2.34. The fourth-order valence-electron chi connectivity index (χ4n) is 2.93. The third-order valence-corrected chi connectivity index (χ3v) is 3.77. The highest BCUT2D eigenvalue weighted by Crippen LogP contribution is 2.37. The minimum atomic E-state index is -0.233. The number of nitrogens with one attached hydrogen (secondary N) is 1. The monoisotopic (exact) mass is 271 g/mol. The largest absolute Gasteiger partial charge is 0.301 e. The quantitative estimate of drug-likeness (QED) is 0.862. The second-order valence-electron chi connectivity index (χ2n) is 6.20. The molecule has 2 aromatic rings. The predicted molar refractivity (Wildman–Crippen MR) is 75.4 cm³/mol. The number of H-pyrrole nitrogens is 1. The van der Waals surface area contributed by atoms with E-state index in [-0.39, 0.29) is 16.8 Å². The van der Waals surface area contributed by atoms with Gasteiger partial charge in [0.05, 0.1) is 0 Å². The Morgan fingerprint density at radius 2 is 2.00 bits per heavy atom. The van der Waals surface area contributed by atoms with Gasteiger partial charge in [-0.25, -0.2) is 5.10 Å². The molecule has 0 spiro atoms. The summed E-state index contributed by atoms with van der Waals surface area (Å²) in [6, 6.07) is 5.04. The lowest BCUT2D eigenvalue weighted by Gasteiger charge is -2.29. The first-order valence-corrected chi connectivity index (χ1v) is 6.68. The number of carbonyl (C=O) groups is 1. The second kappa shape index (κ2) is 4.16. The number of aromatic nitrogens is 3. The topological polar surface area (TPSA) is 67.8 Å². The number of aryl methyl sites for hydroxylation is 1. The molecule has 0 unspecified atom stereocenters. The molecule has 5 heteroatoms. The van der Waals surface area contributed by atoms with Gasteiger partial charge < -0.3 is 4.57 Å². The van der Waals surface area contributed by atoms with Gasteiger partial charge >= 0.3 is 0 Å². The van der Waals surface area contributed by atoms with Crippen molar-refractivity contribution in [2.75, 3.05) is 0 Å². The van der Waals surface area contributed by atoms with Crippen molar-refractivity contribution < 1.29 is 4.79 Å². The van der Waals surface area contributed by atoms with Crippen LogP contribution in [0.15, 0.2) is 23.0 Å². The fourth-order valence-corrected chi connectivity index (χ4v) is 2.93. The molecule has 1 aliphatic carbocycles. The molecule has 0 saturated carbocycles. The highest BCUT2D eigenvalue weighted by atomic mass is 16.1. The third-order valence-electron chi connectivity index (χ3n) is 3.77. The van der Waals surface area contributed by atoms with E-state index in [9.17, 15) is 9.59 Å². The van der Waals surface area contributed by atoms with Crippen LogP contribution in [0.3, 0.4) is 0 Å². The normalized spacial score (nSPS) is 17.1. The summed E-state index contributed by atoms with van der Waals surface area (Å²) >= 11 is 0. The summed E-state index contributed by atoms with van der Waals surface area (Å²) in [5, 5.41) is 6.52. The van der Waals surface area contributed by atoms with E-state index < -0.39 is 0 Å². The van der Waals surface area contributed by atoms with Gasteiger partial charge in [-0.2, -0.15) is 5.10 Å². The van der Waals surface area contributed by atoms with Crippen LogP contribution in [-0.4, -0.2) is 20.5 Å². The molecule has 104 valence electrons. The molecule has 0 saturated heterocycles. The number of ketones is 1. The summed E-state index contributed by atoms with van der Waals surface area (Å²) in [7, 11) is 0. The lowest BCUT2D eigenvalue weighted by Crippen LogP contribution is -2.28. The summed E-state index contributed by atoms with van der Waals surface area (Å²) in [4.78, 5) is 23.4. The SMILES string of the molecule is Cc1cc2c(n1-c1ccc(=O)[nH]n1)CC(C)(C)CC2=O. The van der Waals surface area contributed by atoms with Crippen molar-refractivity contribution in [2.24, 2.45) is 5.41 Å². The highest BCUT2D eigenvalue weighted by molar-refractivity contribution is 5.99. The number of Topliss-reactive ketones (excluding diaryl/α,β-unsaturated/α-hetero) is 1. The lowest BCUT2D eigenvalue weighted by molar-refractivity contribution is 0.0911. The molecule has 0 aliphatic heterocycles. The first-order chi connectivity index (χ1) is 9.37. The number of rotatable bonds is 1. The van der Waals surface area contributed by atoms with Gasteiger partial charge in [-0.15, -0.1) is 0 Å². The van der Waals surface area contributed by atoms with Crippen LogP contribution >= 0.6 is 0 Å². The van der Waals surface area contributed by atoms with Crippen molar-refractivity contribution in [3.8, 4) is 5.82 Å². The van der Waals surface area contributed by atoms with Crippen LogP contribution in [0.1, 0.15) is 42.0 Å². The second-order valence-corrected chi connectivity index (χ2v) is 6.20. The van der Waals surface area contributed by atoms with Gasteiger partial charge in [-0.1, -0.05) is 13.8 Å². The Balaban J connectivity index is 2.21. The minimum absolute atomic E-state index is 0.0468. The minimum Gasteiger partial charge on any atom is -0.301 e. The molecular formula is C15H17N3O2. The maximum absolute atomic E-state index is 12.3. The van der Waals surface area contributed by atoms with Crippen molar-refractivity contribution in [2.45, 2.75) is 33.6 Å². The van der Waals surface area contributed by atoms with Crippen LogP contribution in [0.5, 0.6) is 0 Å². The molecule has 2 aromatic heterocycles. The fraction of sp³-hybridized carbons (Fsp3) is 0.400. The molecule has 2 heterocycles. The molecule has 3 rings (SSSR count). The summed E-state index contributed by atoms with van der Waals surface area (Å²) in [6.45, 7) is 6.15. The van der Waals surface area contributed by atoms with E-state index in [0.29, 0.717) is 12.2 Å². The Labute approximate surface area is 116 Å². The van der Waals surface area contributed by atoms with E-state index in [1.807, 2.05) is 17.6 Å². The van der Waals surface area contributed by atoms with Gasteiger partial charge in [0, 0.05) is 29.4 Å². The Morgan fingerprint density at radius 3 is 2.65 bits per heavy atom. The van der Waals surface area contributed by atoms with Gasteiger partial charge in [0.25, 0.3) is 5.56 Å². The van der Waals surface area contributed by atoms with E-state index in [1.165, 1.54) is 6.07 Å². The molecule has 5 nitrogen and oxygen atoms in total. The van der Waals surface area contributed by atoms with Gasteiger partial charge in [0.15, 0.2) is 11.6 Å². The molecule has 0 radical (unpaired) electrons. The standard InChI is InChI=1S/C15H17N3O2/c1-9-6-10-11(7-15(2,3)8-12(10)19)18(9)13-4-5-14(20)17-16-13/h4-6H,7-8H2,1-3H3,(H,17,20). The maximum Gasteiger partial charge on any atom is 0.264 e. The molecule has 0 fully saturated rings. The molecule has 20 heavy (non-hydrogen) atoms. The predicted octanol–water partition coefficient (Wildman–Crippen LogP) is 2.02. The van der Waals surface area contributed by atoms with Crippen molar-refractivity contribution in [1.29, 1.82) is 0 Å². The molecule has 1 N–H and O–H groups in total. The maximum atomic E-state index is 12.3. The number of fused-ring (bicyclic) bond motifs is 1. The van der Waals surface area contributed by atoms with Crippen LogP contribution < -0.4 is 5.56 Å². The Morgan fingerprint density at radius 1 is 1.25 bits per heavy atom. The van der Waals surface area contributed by atoms with Gasteiger partial charge in [0.2, 0.25) is 0 Å². The zero-order chi connectivity index (χ0) is 14.5. The van der Waals surface area contributed by atoms with Gasteiger partial charge in [0.1, 0.15) is 0 Å². The summed E-state index contributed by atoms with van der Waals surface area (Å²) in [6.07, 6.45) is 1.39. The summed E-state index contributed by atoms with van der Waals surface area (Å²) in [5.41, 5.74) is 2.46. The van der Waals surface area contributed by atoms with Crippen LogP contribution in [0.2, 0.25) is 0 Å². The smallest absolute Gasteiger partial charge is 0.264 e. The zero-order valence-electron chi connectivity index (χ0n) is 11.9.